The number of rotatable bonds is 6. The quantitative estimate of drug-likeness (QED) is 0.467. The first kappa shape index (κ1) is 18.5. The zero-order valence-electron chi connectivity index (χ0n) is 15.0. The van der Waals surface area contributed by atoms with E-state index in [1.165, 1.54) is 6.08 Å². The Bertz CT molecular complexity index is 849. The van der Waals surface area contributed by atoms with Crippen molar-refractivity contribution in [2.45, 2.75) is 6.54 Å². The highest BCUT2D eigenvalue weighted by molar-refractivity contribution is 5.98. The molecule has 2 aromatic carbocycles. The molecule has 27 heavy (non-hydrogen) atoms. The maximum atomic E-state index is 12.9. The lowest BCUT2D eigenvalue weighted by molar-refractivity contribution is -0.124. The summed E-state index contributed by atoms with van der Waals surface area (Å²) in [6.45, 7) is 1.69. The van der Waals surface area contributed by atoms with Crippen LogP contribution in [0.5, 0.6) is 5.75 Å². The molecule has 0 unspecified atom stereocenters. The summed E-state index contributed by atoms with van der Waals surface area (Å²) >= 11 is 0. The molecule has 0 aromatic heterocycles. The molecule has 1 fully saturated rings. The predicted molar refractivity (Wildman–Crippen MR) is 102 cm³/mol. The number of hydrogen-bond donors (Lipinski definition) is 2. The van der Waals surface area contributed by atoms with Crippen molar-refractivity contribution in [3.63, 3.8) is 0 Å². The van der Waals surface area contributed by atoms with E-state index >= 15 is 0 Å². The lowest BCUT2D eigenvalue weighted by Crippen LogP contribution is -2.31. The molecule has 7 heteroatoms. The summed E-state index contributed by atoms with van der Waals surface area (Å²) in [4.78, 5) is 27.6. The van der Waals surface area contributed by atoms with Crippen LogP contribution in [-0.4, -0.2) is 42.2 Å². The third kappa shape index (κ3) is 4.27. The van der Waals surface area contributed by atoms with E-state index < -0.39 is 5.91 Å². The summed E-state index contributed by atoms with van der Waals surface area (Å²) in [7, 11) is 1.62. The molecule has 1 heterocycles. The number of amides is 3. The average molecular weight is 367 g/mol. The number of nitrogens with one attached hydrogen (secondary N) is 1. The Morgan fingerprint density at radius 1 is 1.19 bits per heavy atom. The highest BCUT2D eigenvalue weighted by atomic mass is 16.5. The van der Waals surface area contributed by atoms with Gasteiger partial charge in [-0.3, -0.25) is 14.9 Å². The zero-order valence-corrected chi connectivity index (χ0v) is 15.0. The van der Waals surface area contributed by atoms with E-state index in [2.05, 4.69) is 0 Å². The Hall–Kier alpha value is -3.32. The number of carbonyl (C=O) groups is 2. The second kappa shape index (κ2) is 8.37. The van der Waals surface area contributed by atoms with Crippen molar-refractivity contribution < 1.29 is 19.5 Å². The molecule has 1 aliphatic heterocycles. The summed E-state index contributed by atoms with van der Waals surface area (Å²) in [5.74, 6) is 0.152. The van der Waals surface area contributed by atoms with Crippen LogP contribution in [0.3, 0.4) is 0 Å². The van der Waals surface area contributed by atoms with Crippen molar-refractivity contribution in [2.24, 2.45) is 0 Å². The van der Waals surface area contributed by atoms with Crippen LogP contribution in [-0.2, 0) is 11.3 Å². The van der Waals surface area contributed by atoms with Gasteiger partial charge in [-0.05, 0) is 35.4 Å². The minimum absolute atomic E-state index is 0.0849. The number of carbonyl (C=O) groups excluding carboxylic acids is 2. The minimum atomic E-state index is -0.626. The number of methoxy groups -OCH3 is 1. The summed E-state index contributed by atoms with van der Waals surface area (Å²) in [6, 6.07) is 14.9. The summed E-state index contributed by atoms with van der Waals surface area (Å²) in [5, 5.41) is 8.61. The molecule has 1 aliphatic rings. The highest BCUT2D eigenvalue weighted by Crippen LogP contribution is 2.26. The molecule has 0 spiro atoms. The van der Waals surface area contributed by atoms with Crippen LogP contribution < -0.4 is 15.1 Å². The number of para-hydroxylation sites is 1. The van der Waals surface area contributed by atoms with Crippen molar-refractivity contribution in [3.8, 4) is 5.75 Å². The van der Waals surface area contributed by atoms with Gasteiger partial charge in [-0.15, -0.1) is 0 Å². The standard InChI is InChI=1S/C20H21N3O4/c1-27-17-9-6-15(7-10-17)14-22-12-13-23(20(22)25)18-5-3-2-4-16(18)8-11-19(24)21-26/h2-11,26H,12-14H2,1H3,(H,21,24). The van der Waals surface area contributed by atoms with Crippen molar-refractivity contribution in [1.82, 2.24) is 10.4 Å². The fourth-order valence-corrected chi connectivity index (χ4v) is 2.98. The van der Waals surface area contributed by atoms with Crippen LogP contribution in [0.4, 0.5) is 10.5 Å². The van der Waals surface area contributed by atoms with Gasteiger partial charge in [-0.25, -0.2) is 10.3 Å². The smallest absolute Gasteiger partial charge is 0.324 e. The largest absolute Gasteiger partial charge is 0.497 e. The SMILES string of the molecule is COc1ccc(CN2CCN(c3ccccc3C=CC(=O)NO)C2=O)cc1. The number of nitrogens with zero attached hydrogens (tertiary/aromatic N) is 2. The molecule has 2 aromatic rings. The number of hydrogen-bond acceptors (Lipinski definition) is 4. The van der Waals surface area contributed by atoms with E-state index in [0.29, 0.717) is 19.6 Å². The van der Waals surface area contributed by atoms with Crippen LogP contribution in [0, 0.1) is 0 Å². The Morgan fingerprint density at radius 2 is 1.93 bits per heavy atom. The van der Waals surface area contributed by atoms with Gasteiger partial charge in [0.15, 0.2) is 0 Å². The Kier molecular flexibility index (Phi) is 5.73. The van der Waals surface area contributed by atoms with Gasteiger partial charge in [0.1, 0.15) is 5.75 Å². The number of urea groups is 1. The second-order valence-electron chi connectivity index (χ2n) is 6.07. The summed E-state index contributed by atoms with van der Waals surface area (Å²) in [6.07, 6.45) is 2.79. The Morgan fingerprint density at radius 3 is 2.63 bits per heavy atom. The van der Waals surface area contributed by atoms with E-state index in [0.717, 1.165) is 22.6 Å². The van der Waals surface area contributed by atoms with Gasteiger partial charge in [0, 0.05) is 25.7 Å². The summed E-state index contributed by atoms with van der Waals surface area (Å²) < 4.78 is 5.16. The normalized spacial score (nSPS) is 14.1. The lowest BCUT2D eigenvalue weighted by Gasteiger charge is -2.20. The maximum Gasteiger partial charge on any atom is 0.324 e. The summed E-state index contributed by atoms with van der Waals surface area (Å²) in [5.41, 5.74) is 4.03. The predicted octanol–water partition coefficient (Wildman–Crippen LogP) is 2.66. The molecule has 2 N–H and O–H groups in total. The first-order valence-electron chi connectivity index (χ1n) is 8.53. The maximum absolute atomic E-state index is 12.9. The van der Waals surface area contributed by atoms with Crippen LogP contribution in [0.1, 0.15) is 11.1 Å². The third-order valence-corrected chi connectivity index (χ3v) is 4.38. The molecule has 0 saturated carbocycles. The van der Waals surface area contributed by atoms with Crippen molar-refractivity contribution >= 4 is 23.7 Å². The fourth-order valence-electron chi connectivity index (χ4n) is 2.98. The number of ether oxygens (including phenoxy) is 1. The first-order valence-corrected chi connectivity index (χ1v) is 8.53. The van der Waals surface area contributed by atoms with Crippen LogP contribution >= 0.6 is 0 Å². The van der Waals surface area contributed by atoms with Gasteiger partial charge in [0.05, 0.1) is 12.8 Å². The molecule has 0 atom stereocenters. The Balaban J connectivity index is 1.75. The lowest BCUT2D eigenvalue weighted by atomic mass is 10.1. The Labute approximate surface area is 157 Å². The monoisotopic (exact) mass is 367 g/mol. The molecule has 0 aliphatic carbocycles. The molecular weight excluding hydrogens is 346 g/mol. The van der Waals surface area contributed by atoms with E-state index in [4.69, 9.17) is 9.94 Å². The molecule has 140 valence electrons. The molecule has 3 amide bonds. The van der Waals surface area contributed by atoms with Gasteiger partial charge in [0.25, 0.3) is 5.91 Å². The van der Waals surface area contributed by atoms with Gasteiger partial charge in [0.2, 0.25) is 0 Å². The van der Waals surface area contributed by atoms with Crippen molar-refractivity contribution in [3.05, 3.63) is 65.7 Å². The van der Waals surface area contributed by atoms with Gasteiger partial charge < -0.3 is 9.64 Å². The van der Waals surface area contributed by atoms with Gasteiger partial charge >= 0.3 is 6.03 Å². The zero-order chi connectivity index (χ0) is 19.2. The molecule has 7 nitrogen and oxygen atoms in total. The van der Waals surface area contributed by atoms with E-state index in [1.54, 1.807) is 28.5 Å². The van der Waals surface area contributed by atoms with Crippen molar-refractivity contribution in [1.29, 1.82) is 0 Å². The van der Waals surface area contributed by atoms with Crippen LogP contribution in [0.25, 0.3) is 6.08 Å². The molecule has 0 bridgehead atoms. The molecule has 1 saturated heterocycles. The average Bonchev–Trinajstić information content (AvgIpc) is 3.07. The van der Waals surface area contributed by atoms with E-state index in [1.807, 2.05) is 48.5 Å². The highest BCUT2D eigenvalue weighted by Gasteiger charge is 2.30. The van der Waals surface area contributed by atoms with Crippen LogP contribution in [0.2, 0.25) is 0 Å². The molecular formula is C20H21N3O4. The van der Waals surface area contributed by atoms with Crippen LogP contribution in [0.15, 0.2) is 54.6 Å². The second-order valence-corrected chi connectivity index (χ2v) is 6.07. The van der Waals surface area contributed by atoms with Gasteiger partial charge in [-0.1, -0.05) is 30.3 Å². The number of benzene rings is 2. The fraction of sp³-hybridized carbons (Fsp3) is 0.200. The van der Waals surface area contributed by atoms with Crippen molar-refractivity contribution in [2.75, 3.05) is 25.1 Å². The number of anilines is 1. The molecule has 0 radical (unpaired) electrons. The third-order valence-electron chi connectivity index (χ3n) is 4.38. The number of hydroxylamine groups is 1. The van der Waals surface area contributed by atoms with Gasteiger partial charge in [-0.2, -0.15) is 0 Å². The first-order chi connectivity index (χ1) is 13.1. The minimum Gasteiger partial charge on any atom is -0.497 e. The van der Waals surface area contributed by atoms with E-state index in [-0.39, 0.29) is 6.03 Å². The molecule has 3 rings (SSSR count). The topological polar surface area (TPSA) is 82.1 Å². The van der Waals surface area contributed by atoms with E-state index in [9.17, 15) is 9.59 Å².